The molecule has 1 aliphatic heterocycles. The maximum atomic E-state index is 13.0. The molecule has 1 fully saturated rings. The summed E-state index contributed by atoms with van der Waals surface area (Å²) in [6.45, 7) is 1.43. The molecule has 3 rings (SSSR count). The van der Waals surface area contributed by atoms with Crippen LogP contribution in [0.15, 0.2) is 42.5 Å². The van der Waals surface area contributed by atoms with Gasteiger partial charge >= 0.3 is 0 Å². The van der Waals surface area contributed by atoms with E-state index in [2.05, 4.69) is 12.1 Å². The van der Waals surface area contributed by atoms with Gasteiger partial charge < -0.3 is 9.64 Å². The van der Waals surface area contributed by atoms with Crippen LogP contribution in [-0.2, 0) is 0 Å². The van der Waals surface area contributed by atoms with Crippen molar-refractivity contribution >= 4 is 29.1 Å². The zero-order valence-corrected chi connectivity index (χ0v) is 15.7. The van der Waals surface area contributed by atoms with Gasteiger partial charge in [0.25, 0.3) is 5.91 Å². The molecule has 5 heteroatoms. The Morgan fingerprint density at radius 1 is 1.12 bits per heavy atom. The Hall–Kier alpha value is -1.71. The Bertz CT molecular complexity index is 746. The number of carbonyl (C=O) groups excluding carboxylic acids is 1. The third-order valence-corrected chi connectivity index (χ3v) is 5.27. The van der Waals surface area contributed by atoms with Gasteiger partial charge in [0.2, 0.25) is 0 Å². The van der Waals surface area contributed by atoms with Gasteiger partial charge in [0.05, 0.1) is 17.7 Å². The van der Waals surface area contributed by atoms with E-state index in [1.54, 1.807) is 25.3 Å². The van der Waals surface area contributed by atoms with Crippen molar-refractivity contribution in [2.45, 2.75) is 25.2 Å². The summed E-state index contributed by atoms with van der Waals surface area (Å²) in [5.74, 6) is 1.11. The Kier molecular flexibility index (Phi) is 5.87. The van der Waals surface area contributed by atoms with E-state index in [0.29, 0.717) is 28.1 Å². The van der Waals surface area contributed by atoms with E-state index in [1.165, 1.54) is 5.56 Å². The predicted molar refractivity (Wildman–Crippen MR) is 102 cm³/mol. The second kappa shape index (κ2) is 8.11. The molecule has 0 aromatic heterocycles. The van der Waals surface area contributed by atoms with E-state index in [0.717, 1.165) is 31.6 Å². The average Bonchev–Trinajstić information content (AvgIpc) is 2.89. The first-order valence-electron chi connectivity index (χ1n) is 8.47. The van der Waals surface area contributed by atoms with Gasteiger partial charge in [0.15, 0.2) is 0 Å². The van der Waals surface area contributed by atoms with Gasteiger partial charge in [-0.1, -0.05) is 41.8 Å². The molecule has 0 saturated carbocycles. The number of benzene rings is 2. The normalized spacial score (nSPS) is 17.9. The Morgan fingerprint density at radius 2 is 1.88 bits per heavy atom. The molecule has 0 N–H and O–H groups in total. The number of hydrogen-bond acceptors (Lipinski definition) is 2. The molecule has 1 atom stereocenters. The molecule has 1 amide bonds. The van der Waals surface area contributed by atoms with Crippen LogP contribution in [0.25, 0.3) is 0 Å². The molecule has 25 heavy (non-hydrogen) atoms. The molecule has 0 aliphatic carbocycles. The van der Waals surface area contributed by atoms with Crippen LogP contribution in [0.5, 0.6) is 5.75 Å². The van der Waals surface area contributed by atoms with Crippen molar-refractivity contribution in [1.29, 1.82) is 0 Å². The third kappa shape index (κ3) is 4.28. The van der Waals surface area contributed by atoms with E-state index in [-0.39, 0.29) is 5.91 Å². The van der Waals surface area contributed by atoms with E-state index in [4.69, 9.17) is 27.9 Å². The monoisotopic (exact) mass is 377 g/mol. The maximum Gasteiger partial charge on any atom is 0.255 e. The molecule has 1 unspecified atom stereocenters. The predicted octanol–water partition coefficient (Wildman–Crippen LogP) is 5.41. The standard InChI is InChI=1S/C20H21Cl2NO2/c1-25-17-8-5-14(6-9-17)15-4-2-3-11-23(13-15)20(24)18-12-16(21)7-10-19(18)22/h5-10,12,15H,2-4,11,13H2,1H3. The number of ether oxygens (including phenoxy) is 1. The first kappa shape index (κ1) is 18.1. The van der Waals surface area contributed by atoms with Crippen LogP contribution < -0.4 is 4.74 Å². The Labute approximate surface area is 158 Å². The zero-order chi connectivity index (χ0) is 17.8. The van der Waals surface area contributed by atoms with Crippen molar-refractivity contribution < 1.29 is 9.53 Å². The summed E-state index contributed by atoms with van der Waals surface area (Å²) in [5.41, 5.74) is 1.71. The molecule has 3 nitrogen and oxygen atoms in total. The van der Waals surface area contributed by atoms with Crippen LogP contribution in [0.2, 0.25) is 10.0 Å². The molecule has 2 aromatic carbocycles. The summed E-state index contributed by atoms with van der Waals surface area (Å²) in [5, 5.41) is 0.967. The van der Waals surface area contributed by atoms with E-state index < -0.39 is 0 Å². The van der Waals surface area contributed by atoms with Gasteiger partial charge in [0.1, 0.15) is 5.75 Å². The summed E-state index contributed by atoms with van der Waals surface area (Å²) in [6, 6.07) is 13.1. The lowest BCUT2D eigenvalue weighted by Crippen LogP contribution is -2.34. The highest BCUT2D eigenvalue weighted by molar-refractivity contribution is 6.35. The maximum absolute atomic E-state index is 13.0. The summed E-state index contributed by atoms with van der Waals surface area (Å²) < 4.78 is 5.23. The number of likely N-dealkylation sites (tertiary alicyclic amines) is 1. The van der Waals surface area contributed by atoms with Crippen LogP contribution >= 0.6 is 23.2 Å². The van der Waals surface area contributed by atoms with Crippen LogP contribution in [0.3, 0.4) is 0 Å². The molecule has 132 valence electrons. The number of amides is 1. The second-order valence-electron chi connectivity index (χ2n) is 6.34. The van der Waals surface area contributed by atoms with Crippen molar-refractivity contribution in [1.82, 2.24) is 4.90 Å². The highest BCUT2D eigenvalue weighted by Gasteiger charge is 2.25. The lowest BCUT2D eigenvalue weighted by atomic mass is 9.94. The van der Waals surface area contributed by atoms with Gasteiger partial charge in [-0.2, -0.15) is 0 Å². The number of methoxy groups -OCH3 is 1. The Balaban J connectivity index is 1.81. The first-order chi connectivity index (χ1) is 12.1. The zero-order valence-electron chi connectivity index (χ0n) is 14.2. The summed E-state index contributed by atoms with van der Waals surface area (Å²) >= 11 is 12.3. The van der Waals surface area contributed by atoms with E-state index in [9.17, 15) is 4.79 Å². The number of halogens is 2. The quantitative estimate of drug-likeness (QED) is 0.715. The van der Waals surface area contributed by atoms with Crippen molar-refractivity contribution in [3.8, 4) is 5.75 Å². The molecular weight excluding hydrogens is 357 g/mol. The minimum Gasteiger partial charge on any atom is -0.497 e. The van der Waals surface area contributed by atoms with Crippen molar-refractivity contribution in [3.05, 3.63) is 63.6 Å². The SMILES string of the molecule is COc1ccc(C2CCCCN(C(=O)c3cc(Cl)ccc3Cl)C2)cc1. The van der Waals surface area contributed by atoms with E-state index >= 15 is 0 Å². The summed E-state index contributed by atoms with van der Waals surface area (Å²) in [4.78, 5) is 14.9. The fraction of sp³-hybridized carbons (Fsp3) is 0.350. The molecule has 1 heterocycles. The fourth-order valence-corrected chi connectivity index (χ4v) is 3.68. The molecule has 0 spiro atoms. The highest BCUT2D eigenvalue weighted by atomic mass is 35.5. The van der Waals surface area contributed by atoms with E-state index in [1.807, 2.05) is 17.0 Å². The summed E-state index contributed by atoms with van der Waals surface area (Å²) in [7, 11) is 1.66. The number of carbonyl (C=O) groups is 1. The number of hydrogen-bond donors (Lipinski definition) is 0. The topological polar surface area (TPSA) is 29.5 Å². The lowest BCUT2D eigenvalue weighted by molar-refractivity contribution is 0.0754. The molecule has 1 saturated heterocycles. The van der Waals surface area contributed by atoms with Gasteiger partial charge in [-0.05, 0) is 48.7 Å². The molecular formula is C20H21Cl2NO2. The summed E-state index contributed by atoms with van der Waals surface area (Å²) in [6.07, 6.45) is 3.17. The van der Waals surface area contributed by atoms with Crippen LogP contribution in [-0.4, -0.2) is 31.0 Å². The largest absolute Gasteiger partial charge is 0.497 e. The smallest absolute Gasteiger partial charge is 0.255 e. The van der Waals surface area contributed by atoms with Gasteiger partial charge in [-0.25, -0.2) is 0 Å². The molecule has 2 aromatic rings. The van der Waals surface area contributed by atoms with Crippen molar-refractivity contribution in [2.75, 3.05) is 20.2 Å². The van der Waals surface area contributed by atoms with Crippen LogP contribution in [0.4, 0.5) is 0 Å². The first-order valence-corrected chi connectivity index (χ1v) is 9.22. The highest BCUT2D eigenvalue weighted by Crippen LogP contribution is 2.30. The Morgan fingerprint density at radius 3 is 2.60 bits per heavy atom. The third-order valence-electron chi connectivity index (χ3n) is 4.70. The minimum atomic E-state index is -0.0482. The number of rotatable bonds is 3. The average molecular weight is 378 g/mol. The van der Waals surface area contributed by atoms with Crippen molar-refractivity contribution in [2.24, 2.45) is 0 Å². The molecule has 1 aliphatic rings. The van der Waals surface area contributed by atoms with Gasteiger partial charge in [-0.3, -0.25) is 4.79 Å². The molecule has 0 radical (unpaired) electrons. The molecule has 0 bridgehead atoms. The van der Waals surface area contributed by atoms with Crippen LogP contribution in [0, 0.1) is 0 Å². The minimum absolute atomic E-state index is 0.0482. The second-order valence-corrected chi connectivity index (χ2v) is 7.18. The van der Waals surface area contributed by atoms with Crippen molar-refractivity contribution in [3.63, 3.8) is 0 Å². The van der Waals surface area contributed by atoms with Crippen LogP contribution in [0.1, 0.15) is 41.1 Å². The van der Waals surface area contributed by atoms with Gasteiger partial charge in [-0.15, -0.1) is 0 Å². The number of nitrogens with zero attached hydrogens (tertiary/aromatic N) is 1. The lowest BCUT2D eigenvalue weighted by Gasteiger charge is -2.25. The van der Waals surface area contributed by atoms with Gasteiger partial charge in [0, 0.05) is 24.0 Å². The fourth-order valence-electron chi connectivity index (χ4n) is 3.31.